The predicted octanol–water partition coefficient (Wildman–Crippen LogP) is 0.986. The second-order valence-corrected chi connectivity index (χ2v) is 4.81. The lowest BCUT2D eigenvalue weighted by molar-refractivity contribution is -0.121. The summed E-state index contributed by atoms with van der Waals surface area (Å²) >= 11 is 0. The van der Waals surface area contributed by atoms with Crippen molar-refractivity contribution in [3.05, 3.63) is 59.9 Å². The summed E-state index contributed by atoms with van der Waals surface area (Å²) in [6, 6.07) is 12.1. The Morgan fingerprint density at radius 1 is 0.913 bits per heavy atom. The van der Waals surface area contributed by atoms with E-state index in [1.165, 1.54) is 0 Å². The molecule has 0 aliphatic carbocycles. The first-order valence-electron chi connectivity index (χ1n) is 7.22. The molecule has 7 nitrogen and oxygen atoms in total. The number of benzene rings is 1. The minimum atomic E-state index is -0.416. The van der Waals surface area contributed by atoms with E-state index in [1.807, 2.05) is 6.07 Å². The number of rotatable bonds is 6. The topological polar surface area (TPSA) is 103 Å². The molecule has 0 radical (unpaired) electrons. The number of aromatic nitrogens is 1. The average molecular weight is 314 g/mol. The van der Waals surface area contributed by atoms with E-state index in [9.17, 15) is 14.4 Å². The first-order valence-corrected chi connectivity index (χ1v) is 7.22. The van der Waals surface area contributed by atoms with Crippen LogP contribution in [-0.4, -0.2) is 29.3 Å². The van der Waals surface area contributed by atoms with Gasteiger partial charge in [0.2, 0.25) is 5.91 Å². The SMILES string of the molecule is O=C(CCCNC(=O)c1ccccc1)NNC(=O)c1ccc[nH]1. The summed E-state index contributed by atoms with van der Waals surface area (Å²) in [5.74, 6) is -0.911. The molecule has 0 unspecified atom stereocenters. The van der Waals surface area contributed by atoms with E-state index in [-0.39, 0.29) is 18.2 Å². The van der Waals surface area contributed by atoms with Crippen molar-refractivity contribution in [3.63, 3.8) is 0 Å². The van der Waals surface area contributed by atoms with E-state index in [0.29, 0.717) is 24.2 Å². The number of nitrogens with one attached hydrogen (secondary N) is 4. The van der Waals surface area contributed by atoms with Crippen molar-refractivity contribution in [1.82, 2.24) is 21.2 Å². The predicted molar refractivity (Wildman–Crippen MR) is 84.4 cm³/mol. The van der Waals surface area contributed by atoms with Crippen molar-refractivity contribution in [2.75, 3.05) is 6.54 Å². The van der Waals surface area contributed by atoms with Crippen LogP contribution in [-0.2, 0) is 4.79 Å². The minimum Gasteiger partial charge on any atom is -0.357 e. The molecule has 4 N–H and O–H groups in total. The third-order valence-electron chi connectivity index (χ3n) is 3.06. The zero-order valence-corrected chi connectivity index (χ0v) is 12.5. The highest BCUT2D eigenvalue weighted by Crippen LogP contribution is 1.98. The van der Waals surface area contributed by atoms with Gasteiger partial charge < -0.3 is 10.3 Å². The molecular formula is C16H18N4O3. The summed E-state index contributed by atoms with van der Waals surface area (Å²) in [7, 11) is 0. The van der Waals surface area contributed by atoms with Crippen molar-refractivity contribution in [2.45, 2.75) is 12.8 Å². The first kappa shape index (κ1) is 16.3. The quantitative estimate of drug-likeness (QED) is 0.472. The highest BCUT2D eigenvalue weighted by Gasteiger charge is 2.08. The molecule has 23 heavy (non-hydrogen) atoms. The van der Waals surface area contributed by atoms with Gasteiger partial charge in [-0.15, -0.1) is 0 Å². The monoisotopic (exact) mass is 314 g/mol. The third kappa shape index (κ3) is 5.31. The summed E-state index contributed by atoms with van der Waals surface area (Å²) in [6.07, 6.45) is 2.29. The Labute approximate surface area is 133 Å². The third-order valence-corrected chi connectivity index (χ3v) is 3.06. The highest BCUT2D eigenvalue weighted by molar-refractivity contribution is 5.94. The highest BCUT2D eigenvalue weighted by atomic mass is 16.2. The van der Waals surface area contributed by atoms with Crippen molar-refractivity contribution in [2.24, 2.45) is 0 Å². The van der Waals surface area contributed by atoms with E-state index >= 15 is 0 Å². The molecule has 2 rings (SSSR count). The number of hydrogen-bond acceptors (Lipinski definition) is 3. The molecule has 1 aromatic carbocycles. The van der Waals surface area contributed by atoms with Gasteiger partial charge in [-0.2, -0.15) is 0 Å². The normalized spacial score (nSPS) is 9.91. The lowest BCUT2D eigenvalue weighted by Gasteiger charge is -2.07. The molecule has 7 heteroatoms. The van der Waals surface area contributed by atoms with E-state index in [4.69, 9.17) is 0 Å². The molecule has 120 valence electrons. The molecule has 0 bridgehead atoms. The summed E-state index contributed by atoms with van der Waals surface area (Å²) in [4.78, 5) is 37.6. The number of H-pyrrole nitrogens is 1. The van der Waals surface area contributed by atoms with Gasteiger partial charge >= 0.3 is 0 Å². The number of hydrazine groups is 1. The van der Waals surface area contributed by atoms with Crippen LogP contribution in [0.1, 0.15) is 33.7 Å². The van der Waals surface area contributed by atoms with Gasteiger partial charge in [-0.1, -0.05) is 18.2 Å². The molecule has 0 fully saturated rings. The van der Waals surface area contributed by atoms with E-state index in [2.05, 4.69) is 21.2 Å². The fourth-order valence-corrected chi connectivity index (χ4v) is 1.87. The van der Waals surface area contributed by atoms with Gasteiger partial charge in [0.25, 0.3) is 11.8 Å². The first-order chi connectivity index (χ1) is 11.2. The van der Waals surface area contributed by atoms with Crippen molar-refractivity contribution in [3.8, 4) is 0 Å². The van der Waals surface area contributed by atoms with Gasteiger partial charge in [0, 0.05) is 24.7 Å². The maximum absolute atomic E-state index is 11.8. The lowest BCUT2D eigenvalue weighted by Crippen LogP contribution is -2.41. The van der Waals surface area contributed by atoms with Crippen LogP contribution in [0.4, 0.5) is 0 Å². The van der Waals surface area contributed by atoms with Crippen molar-refractivity contribution < 1.29 is 14.4 Å². The smallest absolute Gasteiger partial charge is 0.286 e. The zero-order valence-electron chi connectivity index (χ0n) is 12.5. The van der Waals surface area contributed by atoms with Crippen LogP contribution in [0.2, 0.25) is 0 Å². The molecule has 2 aromatic rings. The standard InChI is InChI=1S/C16H18N4O3/c21-14(19-20-16(23)13-8-4-10-17-13)9-5-11-18-15(22)12-6-2-1-3-7-12/h1-4,6-8,10,17H,5,9,11H2,(H,18,22)(H,19,21)(H,20,23). The molecule has 0 saturated carbocycles. The number of aromatic amines is 1. The van der Waals surface area contributed by atoms with E-state index < -0.39 is 5.91 Å². The summed E-state index contributed by atoms with van der Waals surface area (Å²) in [6.45, 7) is 0.381. The van der Waals surface area contributed by atoms with Gasteiger partial charge in [-0.3, -0.25) is 25.2 Å². The number of carbonyl (C=O) groups is 3. The Hall–Kier alpha value is -3.09. The largest absolute Gasteiger partial charge is 0.357 e. The van der Waals surface area contributed by atoms with Gasteiger partial charge in [0.1, 0.15) is 5.69 Å². The molecular weight excluding hydrogens is 296 g/mol. The number of amides is 3. The Balaban J connectivity index is 1.60. The van der Waals surface area contributed by atoms with Gasteiger partial charge in [-0.05, 0) is 30.7 Å². The minimum absolute atomic E-state index is 0.175. The van der Waals surface area contributed by atoms with Crippen molar-refractivity contribution in [1.29, 1.82) is 0 Å². The summed E-state index contributed by atoms with van der Waals surface area (Å²) in [5.41, 5.74) is 5.56. The Bertz CT molecular complexity index is 653. The Kier molecular flexibility index (Phi) is 5.93. The second kappa shape index (κ2) is 8.38. The molecule has 1 heterocycles. The molecule has 1 aromatic heterocycles. The number of hydrogen-bond donors (Lipinski definition) is 4. The van der Waals surface area contributed by atoms with E-state index in [0.717, 1.165) is 0 Å². The van der Waals surface area contributed by atoms with Crippen LogP contribution in [0.5, 0.6) is 0 Å². The molecule has 0 saturated heterocycles. The number of carbonyl (C=O) groups excluding carboxylic acids is 3. The fourth-order valence-electron chi connectivity index (χ4n) is 1.87. The van der Waals surface area contributed by atoms with Crippen LogP contribution in [0.3, 0.4) is 0 Å². The van der Waals surface area contributed by atoms with Crippen LogP contribution in [0.25, 0.3) is 0 Å². The molecule has 3 amide bonds. The van der Waals surface area contributed by atoms with Crippen LogP contribution >= 0.6 is 0 Å². The van der Waals surface area contributed by atoms with Gasteiger partial charge in [-0.25, -0.2) is 0 Å². The van der Waals surface area contributed by atoms with Crippen LogP contribution in [0.15, 0.2) is 48.7 Å². The van der Waals surface area contributed by atoms with Crippen LogP contribution in [0, 0.1) is 0 Å². The molecule has 0 aliphatic heterocycles. The molecule has 0 aliphatic rings. The summed E-state index contributed by atoms with van der Waals surface area (Å²) in [5, 5.41) is 2.73. The maximum Gasteiger partial charge on any atom is 0.286 e. The van der Waals surface area contributed by atoms with Gasteiger partial charge in [0.15, 0.2) is 0 Å². The summed E-state index contributed by atoms with van der Waals surface area (Å²) < 4.78 is 0. The Morgan fingerprint density at radius 2 is 1.70 bits per heavy atom. The Morgan fingerprint density at radius 3 is 2.39 bits per heavy atom. The molecule has 0 atom stereocenters. The fraction of sp³-hybridized carbons (Fsp3) is 0.188. The average Bonchev–Trinajstić information content (AvgIpc) is 3.12. The van der Waals surface area contributed by atoms with E-state index in [1.54, 1.807) is 42.6 Å². The van der Waals surface area contributed by atoms with Crippen LogP contribution < -0.4 is 16.2 Å². The van der Waals surface area contributed by atoms with Gasteiger partial charge in [0.05, 0.1) is 0 Å². The zero-order chi connectivity index (χ0) is 16.5. The second-order valence-electron chi connectivity index (χ2n) is 4.81. The van der Waals surface area contributed by atoms with Crippen molar-refractivity contribution >= 4 is 17.7 Å². The molecule has 0 spiro atoms. The lowest BCUT2D eigenvalue weighted by atomic mass is 10.2. The maximum atomic E-state index is 11.8.